The highest BCUT2D eigenvalue weighted by atomic mass is 35.5. The molecule has 1 fully saturated rings. The van der Waals surface area contributed by atoms with Crippen LogP contribution in [0.15, 0.2) is 0 Å². The van der Waals surface area contributed by atoms with Gasteiger partial charge in [-0.05, 0) is 20.8 Å². The maximum absolute atomic E-state index is 12.2. The molecule has 0 aliphatic carbocycles. The van der Waals surface area contributed by atoms with Crippen LogP contribution in [0, 0.1) is 5.41 Å². The van der Waals surface area contributed by atoms with E-state index in [0.717, 1.165) is 0 Å². The van der Waals surface area contributed by atoms with E-state index in [0.29, 0.717) is 38.6 Å². The number of hydrogen-bond acceptors (Lipinski definition) is 2. The third-order valence-corrected chi connectivity index (χ3v) is 3.76. The summed E-state index contributed by atoms with van der Waals surface area (Å²) in [5.74, 6) is 0.371. The summed E-state index contributed by atoms with van der Waals surface area (Å²) in [5.41, 5.74) is -0.532. The van der Waals surface area contributed by atoms with Crippen LogP contribution >= 0.6 is 11.6 Å². The molecule has 0 aromatic carbocycles. The van der Waals surface area contributed by atoms with Crippen LogP contribution in [0.4, 0.5) is 4.79 Å². The summed E-state index contributed by atoms with van der Waals surface area (Å²) in [6, 6.07) is -0.0544. The van der Waals surface area contributed by atoms with E-state index in [9.17, 15) is 9.59 Å². The molecule has 1 aliphatic rings. The van der Waals surface area contributed by atoms with Crippen LogP contribution < -0.4 is 5.32 Å². The Labute approximate surface area is 113 Å². The minimum atomic E-state index is -0.532. The van der Waals surface area contributed by atoms with E-state index >= 15 is 0 Å². The summed E-state index contributed by atoms with van der Waals surface area (Å²) in [4.78, 5) is 27.3. The molecule has 0 bridgehead atoms. The number of nitrogens with one attached hydrogen (secondary N) is 1. The molecular weight excluding hydrogens is 254 g/mol. The molecule has 3 amide bonds. The van der Waals surface area contributed by atoms with Gasteiger partial charge >= 0.3 is 6.03 Å². The monoisotopic (exact) mass is 275 g/mol. The van der Waals surface area contributed by atoms with Gasteiger partial charge in [0.1, 0.15) is 0 Å². The summed E-state index contributed by atoms with van der Waals surface area (Å²) in [6.07, 6.45) is 0. The van der Waals surface area contributed by atoms with Crippen molar-refractivity contribution < 1.29 is 9.59 Å². The highest BCUT2D eigenvalue weighted by molar-refractivity contribution is 6.19. The van der Waals surface area contributed by atoms with Gasteiger partial charge in [0.15, 0.2) is 0 Å². The van der Waals surface area contributed by atoms with Crippen LogP contribution in [0.5, 0.6) is 0 Å². The SMILES string of the molecule is CCNC(=O)N1CCN(C(=O)C(C)(C)CCl)CC1. The normalized spacial score (nSPS) is 16.7. The number of amides is 3. The first-order valence-corrected chi connectivity index (χ1v) is 6.84. The summed E-state index contributed by atoms with van der Waals surface area (Å²) in [7, 11) is 0. The molecule has 0 aromatic heterocycles. The molecule has 0 radical (unpaired) electrons. The Morgan fingerprint density at radius 3 is 2.11 bits per heavy atom. The van der Waals surface area contributed by atoms with E-state index in [1.54, 1.807) is 9.80 Å². The van der Waals surface area contributed by atoms with E-state index in [4.69, 9.17) is 11.6 Å². The Morgan fingerprint density at radius 2 is 1.67 bits per heavy atom. The molecule has 6 heteroatoms. The van der Waals surface area contributed by atoms with Crippen molar-refractivity contribution in [2.75, 3.05) is 38.6 Å². The fraction of sp³-hybridized carbons (Fsp3) is 0.833. The first-order valence-electron chi connectivity index (χ1n) is 6.30. The van der Waals surface area contributed by atoms with E-state index in [1.807, 2.05) is 20.8 Å². The number of rotatable bonds is 3. The third-order valence-electron chi connectivity index (χ3n) is 3.10. The molecule has 0 unspecified atom stereocenters. The van der Waals surface area contributed by atoms with Crippen LogP contribution in [-0.2, 0) is 4.79 Å². The number of piperazine rings is 1. The highest BCUT2D eigenvalue weighted by Crippen LogP contribution is 2.21. The van der Waals surface area contributed by atoms with Crippen molar-refractivity contribution >= 4 is 23.5 Å². The molecule has 0 atom stereocenters. The number of halogens is 1. The summed E-state index contributed by atoms with van der Waals surface area (Å²) in [5, 5.41) is 2.76. The third kappa shape index (κ3) is 3.51. The fourth-order valence-electron chi connectivity index (χ4n) is 1.86. The molecule has 104 valence electrons. The van der Waals surface area contributed by atoms with E-state index in [2.05, 4.69) is 5.32 Å². The van der Waals surface area contributed by atoms with Gasteiger partial charge in [-0.1, -0.05) is 0 Å². The Hall–Kier alpha value is -0.970. The van der Waals surface area contributed by atoms with Crippen molar-refractivity contribution in [2.24, 2.45) is 5.41 Å². The molecular formula is C12H22ClN3O2. The van der Waals surface area contributed by atoms with Gasteiger partial charge in [-0.15, -0.1) is 11.6 Å². The average Bonchev–Trinajstić information content (AvgIpc) is 2.38. The predicted octanol–water partition coefficient (Wildman–Crippen LogP) is 1.13. The van der Waals surface area contributed by atoms with Gasteiger partial charge in [0.05, 0.1) is 5.41 Å². The van der Waals surface area contributed by atoms with Crippen molar-refractivity contribution in [3.8, 4) is 0 Å². The quantitative estimate of drug-likeness (QED) is 0.785. The molecule has 1 aliphatic heterocycles. The molecule has 1 rings (SSSR count). The van der Waals surface area contributed by atoms with Crippen molar-refractivity contribution in [1.82, 2.24) is 15.1 Å². The summed E-state index contributed by atoms with van der Waals surface area (Å²) in [6.45, 7) is 8.52. The Kier molecular flexibility index (Phi) is 5.26. The lowest BCUT2D eigenvalue weighted by molar-refractivity contribution is -0.140. The molecule has 0 spiro atoms. The molecule has 1 N–H and O–H groups in total. The van der Waals surface area contributed by atoms with Gasteiger partial charge in [-0.3, -0.25) is 4.79 Å². The fourth-order valence-corrected chi connectivity index (χ4v) is 1.98. The van der Waals surface area contributed by atoms with Crippen molar-refractivity contribution in [2.45, 2.75) is 20.8 Å². The van der Waals surface area contributed by atoms with Crippen LogP contribution in [0.25, 0.3) is 0 Å². The first-order chi connectivity index (χ1) is 8.42. The molecule has 1 heterocycles. The largest absolute Gasteiger partial charge is 0.339 e. The molecule has 0 saturated carbocycles. The molecule has 18 heavy (non-hydrogen) atoms. The minimum absolute atomic E-state index is 0.0544. The highest BCUT2D eigenvalue weighted by Gasteiger charge is 2.33. The van der Waals surface area contributed by atoms with E-state index < -0.39 is 5.41 Å². The van der Waals surface area contributed by atoms with Gasteiger partial charge < -0.3 is 15.1 Å². The van der Waals surface area contributed by atoms with Crippen molar-refractivity contribution in [3.63, 3.8) is 0 Å². The molecule has 1 saturated heterocycles. The number of urea groups is 1. The van der Waals surface area contributed by atoms with Gasteiger partial charge in [0.25, 0.3) is 0 Å². The van der Waals surface area contributed by atoms with Gasteiger partial charge in [0, 0.05) is 38.6 Å². The van der Waals surface area contributed by atoms with E-state index in [-0.39, 0.29) is 11.9 Å². The topological polar surface area (TPSA) is 52.7 Å². The van der Waals surface area contributed by atoms with Crippen molar-refractivity contribution in [3.05, 3.63) is 0 Å². The second-order valence-electron chi connectivity index (χ2n) is 5.13. The summed E-state index contributed by atoms with van der Waals surface area (Å²) >= 11 is 5.81. The standard InChI is InChI=1S/C12H22ClN3O2/c1-4-14-11(18)16-7-5-15(6-8-16)10(17)12(2,3)9-13/h4-9H2,1-3H3,(H,14,18). The van der Waals surface area contributed by atoms with Crippen LogP contribution in [-0.4, -0.2) is 60.3 Å². The zero-order chi connectivity index (χ0) is 13.8. The lowest BCUT2D eigenvalue weighted by Gasteiger charge is -2.38. The maximum atomic E-state index is 12.2. The summed E-state index contributed by atoms with van der Waals surface area (Å²) < 4.78 is 0. The minimum Gasteiger partial charge on any atom is -0.339 e. The molecule has 5 nitrogen and oxygen atoms in total. The zero-order valence-electron chi connectivity index (χ0n) is 11.3. The number of hydrogen-bond donors (Lipinski definition) is 1. The average molecular weight is 276 g/mol. The number of alkyl halides is 1. The Balaban J connectivity index is 2.49. The van der Waals surface area contributed by atoms with Crippen LogP contribution in [0.2, 0.25) is 0 Å². The molecule has 0 aromatic rings. The lowest BCUT2D eigenvalue weighted by atomic mass is 9.94. The second-order valence-corrected chi connectivity index (χ2v) is 5.40. The number of nitrogens with zero attached hydrogens (tertiary/aromatic N) is 2. The van der Waals surface area contributed by atoms with Crippen LogP contribution in [0.3, 0.4) is 0 Å². The smallest absolute Gasteiger partial charge is 0.317 e. The second kappa shape index (κ2) is 6.27. The number of carbonyl (C=O) groups excluding carboxylic acids is 2. The van der Waals surface area contributed by atoms with Crippen molar-refractivity contribution in [1.29, 1.82) is 0 Å². The van der Waals surface area contributed by atoms with Gasteiger partial charge in [0.2, 0.25) is 5.91 Å². The zero-order valence-corrected chi connectivity index (χ0v) is 12.1. The Morgan fingerprint density at radius 1 is 1.17 bits per heavy atom. The number of carbonyl (C=O) groups is 2. The van der Waals surface area contributed by atoms with E-state index in [1.165, 1.54) is 0 Å². The maximum Gasteiger partial charge on any atom is 0.317 e. The first kappa shape index (κ1) is 15.1. The Bertz CT molecular complexity index is 312. The van der Waals surface area contributed by atoms with Crippen LogP contribution in [0.1, 0.15) is 20.8 Å². The van der Waals surface area contributed by atoms with Gasteiger partial charge in [-0.2, -0.15) is 0 Å². The predicted molar refractivity (Wildman–Crippen MR) is 71.7 cm³/mol. The lowest BCUT2D eigenvalue weighted by Crippen LogP contribution is -2.55. The van der Waals surface area contributed by atoms with Gasteiger partial charge in [-0.25, -0.2) is 4.79 Å².